The summed E-state index contributed by atoms with van der Waals surface area (Å²) in [5.41, 5.74) is 4.19. The monoisotopic (exact) mass is 380 g/mol. The van der Waals surface area contributed by atoms with Crippen LogP contribution in [0.5, 0.6) is 0 Å². The zero-order chi connectivity index (χ0) is 20.1. The predicted octanol–water partition coefficient (Wildman–Crippen LogP) is 4.64. The number of carbonyl (C=O) groups is 2. The molecule has 0 saturated heterocycles. The minimum atomic E-state index is -0.450. The van der Waals surface area contributed by atoms with Gasteiger partial charge in [-0.3, -0.25) is 19.7 Å². The van der Waals surface area contributed by atoms with Crippen molar-refractivity contribution in [2.24, 2.45) is 0 Å². The molecule has 0 unspecified atom stereocenters. The molecule has 1 amide bonds. The average Bonchev–Trinajstić information content (AvgIpc) is 2.71. The minimum Gasteiger partial charge on any atom is -0.326 e. The fourth-order valence-corrected chi connectivity index (χ4v) is 3.61. The third-order valence-corrected chi connectivity index (χ3v) is 5.20. The van der Waals surface area contributed by atoms with E-state index >= 15 is 0 Å². The van der Waals surface area contributed by atoms with Crippen molar-refractivity contribution < 1.29 is 14.5 Å². The van der Waals surface area contributed by atoms with Crippen LogP contribution in [-0.4, -0.2) is 16.6 Å². The largest absolute Gasteiger partial charge is 0.326 e. The summed E-state index contributed by atoms with van der Waals surface area (Å²) in [6.07, 6.45) is 5.10. The van der Waals surface area contributed by atoms with Gasteiger partial charge in [-0.1, -0.05) is 25.1 Å². The normalized spacial score (nSPS) is 12.9. The quantitative estimate of drug-likeness (QED) is 0.430. The average molecular weight is 380 g/mol. The number of hydrogen-bond acceptors (Lipinski definition) is 4. The standard InChI is InChI=1S/C22H24N2O4/c1-2-15-9-10-19(14-20(15)24(27)28)23-22(26)12-11-21(25)18-8-7-16-5-3-4-6-17(16)13-18/h7-10,13-14H,2-6,11-12H2,1H3,(H,23,26). The highest BCUT2D eigenvalue weighted by Crippen LogP contribution is 2.25. The van der Waals surface area contributed by atoms with E-state index < -0.39 is 4.92 Å². The van der Waals surface area contributed by atoms with Crippen LogP contribution in [0.4, 0.5) is 11.4 Å². The lowest BCUT2D eigenvalue weighted by molar-refractivity contribution is -0.385. The molecule has 28 heavy (non-hydrogen) atoms. The number of anilines is 1. The molecule has 2 aromatic carbocycles. The third-order valence-electron chi connectivity index (χ3n) is 5.20. The minimum absolute atomic E-state index is 0.00886. The molecule has 6 nitrogen and oxygen atoms in total. The molecule has 0 bridgehead atoms. The molecule has 0 heterocycles. The van der Waals surface area contributed by atoms with Crippen molar-refractivity contribution in [2.45, 2.75) is 51.9 Å². The van der Waals surface area contributed by atoms with Gasteiger partial charge in [-0.2, -0.15) is 0 Å². The number of Topliss-reactive ketones (excluding diaryl/α,β-unsaturated/α-hetero) is 1. The maximum absolute atomic E-state index is 12.4. The molecule has 0 saturated carbocycles. The highest BCUT2D eigenvalue weighted by atomic mass is 16.6. The summed E-state index contributed by atoms with van der Waals surface area (Å²) in [5, 5.41) is 13.8. The highest BCUT2D eigenvalue weighted by molar-refractivity contribution is 6.00. The molecular weight excluding hydrogens is 356 g/mol. The number of nitrogens with one attached hydrogen (secondary N) is 1. The van der Waals surface area contributed by atoms with Crippen LogP contribution in [0.25, 0.3) is 0 Å². The van der Waals surface area contributed by atoms with Crippen molar-refractivity contribution in [3.8, 4) is 0 Å². The number of ketones is 1. The van der Waals surface area contributed by atoms with Crippen LogP contribution < -0.4 is 5.32 Å². The van der Waals surface area contributed by atoms with Gasteiger partial charge in [-0.25, -0.2) is 0 Å². The molecule has 0 aliphatic heterocycles. The van der Waals surface area contributed by atoms with Crippen molar-refractivity contribution in [1.29, 1.82) is 0 Å². The second-order valence-electron chi connectivity index (χ2n) is 7.12. The lowest BCUT2D eigenvalue weighted by Crippen LogP contribution is -2.14. The Labute approximate surface area is 164 Å². The van der Waals surface area contributed by atoms with Crippen LogP contribution in [0, 0.1) is 10.1 Å². The Bertz CT molecular complexity index is 921. The first-order valence-electron chi connectivity index (χ1n) is 9.70. The Kier molecular flexibility index (Phi) is 6.19. The van der Waals surface area contributed by atoms with Gasteiger partial charge in [0.05, 0.1) is 4.92 Å². The first-order valence-corrected chi connectivity index (χ1v) is 9.70. The summed E-state index contributed by atoms with van der Waals surface area (Å²) in [6, 6.07) is 10.5. The van der Waals surface area contributed by atoms with Gasteiger partial charge in [0.25, 0.3) is 5.69 Å². The van der Waals surface area contributed by atoms with Gasteiger partial charge in [0.2, 0.25) is 5.91 Å². The Hall–Kier alpha value is -3.02. The van der Waals surface area contributed by atoms with Gasteiger partial charge >= 0.3 is 0 Å². The van der Waals surface area contributed by atoms with Crippen LogP contribution in [0.2, 0.25) is 0 Å². The van der Waals surface area contributed by atoms with Gasteiger partial charge in [-0.15, -0.1) is 0 Å². The number of nitrogens with zero attached hydrogens (tertiary/aromatic N) is 1. The molecule has 6 heteroatoms. The summed E-state index contributed by atoms with van der Waals surface area (Å²) in [5.74, 6) is -0.388. The molecule has 146 valence electrons. The summed E-state index contributed by atoms with van der Waals surface area (Å²) in [6.45, 7) is 1.84. The molecule has 0 radical (unpaired) electrons. The molecule has 1 N–H and O–H groups in total. The van der Waals surface area contributed by atoms with E-state index in [9.17, 15) is 19.7 Å². The number of rotatable bonds is 7. The second-order valence-corrected chi connectivity index (χ2v) is 7.12. The van der Waals surface area contributed by atoms with Gasteiger partial charge < -0.3 is 5.32 Å². The number of carbonyl (C=O) groups excluding carboxylic acids is 2. The first kappa shape index (κ1) is 19.7. The SMILES string of the molecule is CCc1ccc(NC(=O)CCC(=O)c2ccc3c(c2)CCCC3)cc1[N+](=O)[O-]. The fraction of sp³-hybridized carbons (Fsp3) is 0.364. The van der Waals surface area contributed by atoms with E-state index in [-0.39, 0.29) is 30.2 Å². The number of aryl methyl sites for hydroxylation is 3. The number of amides is 1. The van der Waals surface area contributed by atoms with E-state index in [1.807, 2.05) is 25.1 Å². The zero-order valence-electron chi connectivity index (χ0n) is 16.0. The molecular formula is C22H24N2O4. The lowest BCUT2D eigenvalue weighted by atomic mass is 9.89. The zero-order valence-corrected chi connectivity index (χ0v) is 16.0. The summed E-state index contributed by atoms with van der Waals surface area (Å²) >= 11 is 0. The Morgan fingerprint density at radius 3 is 2.50 bits per heavy atom. The third kappa shape index (κ3) is 4.63. The molecule has 3 rings (SSSR count). The Balaban J connectivity index is 1.59. The van der Waals surface area contributed by atoms with E-state index in [1.165, 1.54) is 23.6 Å². The number of nitro groups is 1. The van der Waals surface area contributed by atoms with Crippen LogP contribution in [-0.2, 0) is 24.1 Å². The van der Waals surface area contributed by atoms with Gasteiger partial charge in [0.1, 0.15) is 0 Å². The Morgan fingerprint density at radius 1 is 1.04 bits per heavy atom. The molecule has 0 aromatic heterocycles. The molecule has 0 atom stereocenters. The lowest BCUT2D eigenvalue weighted by Gasteiger charge is -2.16. The van der Waals surface area contributed by atoms with E-state index in [1.54, 1.807) is 12.1 Å². The smallest absolute Gasteiger partial charge is 0.274 e. The summed E-state index contributed by atoms with van der Waals surface area (Å²) < 4.78 is 0. The summed E-state index contributed by atoms with van der Waals surface area (Å²) in [4.78, 5) is 35.3. The van der Waals surface area contributed by atoms with Crippen LogP contribution in [0.1, 0.15) is 59.7 Å². The highest BCUT2D eigenvalue weighted by Gasteiger charge is 2.16. The predicted molar refractivity (Wildman–Crippen MR) is 108 cm³/mol. The van der Waals surface area contributed by atoms with Crippen molar-refractivity contribution in [2.75, 3.05) is 5.32 Å². The van der Waals surface area contributed by atoms with Crippen molar-refractivity contribution in [3.05, 3.63) is 68.8 Å². The molecule has 1 aliphatic carbocycles. The second kappa shape index (κ2) is 8.78. The van der Waals surface area contributed by atoms with Crippen molar-refractivity contribution in [1.82, 2.24) is 0 Å². The molecule has 0 fully saturated rings. The van der Waals surface area contributed by atoms with Crippen LogP contribution in [0.3, 0.4) is 0 Å². The van der Waals surface area contributed by atoms with Crippen molar-refractivity contribution >= 4 is 23.1 Å². The topological polar surface area (TPSA) is 89.3 Å². The molecule has 0 spiro atoms. The number of hydrogen-bond donors (Lipinski definition) is 1. The van der Waals surface area contributed by atoms with E-state index in [0.29, 0.717) is 23.2 Å². The van der Waals surface area contributed by atoms with E-state index in [2.05, 4.69) is 5.32 Å². The summed E-state index contributed by atoms with van der Waals surface area (Å²) in [7, 11) is 0. The van der Waals surface area contributed by atoms with Crippen molar-refractivity contribution in [3.63, 3.8) is 0 Å². The van der Waals surface area contributed by atoms with E-state index in [4.69, 9.17) is 0 Å². The Morgan fingerprint density at radius 2 is 1.79 bits per heavy atom. The molecule has 1 aliphatic rings. The number of nitro benzene ring substituents is 1. The number of benzene rings is 2. The number of fused-ring (bicyclic) bond motifs is 1. The van der Waals surface area contributed by atoms with Gasteiger partial charge in [0.15, 0.2) is 5.78 Å². The van der Waals surface area contributed by atoms with Crippen LogP contribution in [0.15, 0.2) is 36.4 Å². The van der Waals surface area contributed by atoms with Gasteiger partial charge in [-0.05, 0) is 55.4 Å². The maximum Gasteiger partial charge on any atom is 0.274 e. The fourth-order valence-electron chi connectivity index (χ4n) is 3.61. The van der Waals surface area contributed by atoms with E-state index in [0.717, 1.165) is 19.3 Å². The first-order chi connectivity index (χ1) is 13.5. The van der Waals surface area contributed by atoms with Crippen LogP contribution >= 0.6 is 0 Å². The van der Waals surface area contributed by atoms with Gasteiger partial charge in [0, 0.05) is 35.7 Å². The molecule has 2 aromatic rings. The maximum atomic E-state index is 12.4.